The third-order valence-corrected chi connectivity index (χ3v) is 7.28. The van der Waals surface area contributed by atoms with Gasteiger partial charge in [-0.1, -0.05) is 27.7 Å². The summed E-state index contributed by atoms with van der Waals surface area (Å²) in [6.07, 6.45) is 1.05. The first-order valence-corrected chi connectivity index (χ1v) is 13.1. The molecule has 0 radical (unpaired) electrons. The lowest BCUT2D eigenvalue weighted by molar-refractivity contribution is 0.0549. The third kappa shape index (κ3) is 11.4. The molecule has 0 unspecified atom stereocenters. The highest BCUT2D eigenvalue weighted by atomic mass is 32.2. The Kier molecular flexibility index (Phi) is 10.8. The Bertz CT molecular complexity index is 611. The van der Waals surface area contributed by atoms with Gasteiger partial charge in [-0.05, 0) is 19.3 Å². The molecule has 0 N–H and O–H groups in total. The van der Waals surface area contributed by atoms with Crippen LogP contribution in [0.15, 0.2) is 0 Å². The zero-order valence-corrected chi connectivity index (χ0v) is 18.2. The molecule has 0 saturated carbocycles. The molecule has 12 heteroatoms. The monoisotopic (exact) mass is 438 g/mol. The minimum absolute atomic E-state index is 0.201. The van der Waals surface area contributed by atoms with Gasteiger partial charge in [0.05, 0.1) is 37.1 Å². The summed E-state index contributed by atoms with van der Waals surface area (Å²) in [5.74, 6) is -0.604. The van der Waals surface area contributed by atoms with Gasteiger partial charge in [0.25, 0.3) is 30.4 Å². The molecule has 0 atom stereocenters. The summed E-state index contributed by atoms with van der Waals surface area (Å²) in [5, 5.41) is 0. The van der Waals surface area contributed by atoms with Crippen molar-refractivity contribution >= 4 is 30.4 Å². The van der Waals surface area contributed by atoms with E-state index < -0.39 is 55.6 Å². The van der Waals surface area contributed by atoms with Crippen molar-refractivity contribution < 1.29 is 37.8 Å². The van der Waals surface area contributed by atoms with Crippen LogP contribution in [0.3, 0.4) is 0 Å². The summed E-state index contributed by atoms with van der Waals surface area (Å²) in [6, 6.07) is 0. The van der Waals surface area contributed by atoms with Crippen LogP contribution in [0, 0.1) is 5.41 Å². The van der Waals surface area contributed by atoms with Gasteiger partial charge in [-0.3, -0.25) is 12.5 Å². The van der Waals surface area contributed by atoms with E-state index >= 15 is 0 Å². The predicted molar refractivity (Wildman–Crippen MR) is 98.2 cm³/mol. The van der Waals surface area contributed by atoms with Crippen LogP contribution in [0.4, 0.5) is 0 Å². The predicted octanol–water partition coefficient (Wildman–Crippen LogP) is 1.26. The Hall–Kier alpha value is -0.270. The lowest BCUT2D eigenvalue weighted by Crippen LogP contribution is -2.37. The molecule has 0 spiro atoms. The summed E-state index contributed by atoms with van der Waals surface area (Å²) >= 11 is 0. The molecule has 0 aliphatic rings. The van der Waals surface area contributed by atoms with Crippen LogP contribution in [0.5, 0.6) is 0 Å². The molecule has 0 aromatic rings. The summed E-state index contributed by atoms with van der Waals surface area (Å²) in [4.78, 5) is 0. The Morgan fingerprint density at radius 1 is 0.577 bits per heavy atom. The van der Waals surface area contributed by atoms with Crippen molar-refractivity contribution in [3.63, 3.8) is 0 Å². The van der Waals surface area contributed by atoms with Crippen LogP contribution in [0.2, 0.25) is 0 Å². The van der Waals surface area contributed by atoms with E-state index in [0.717, 1.165) is 0 Å². The van der Waals surface area contributed by atoms with Crippen LogP contribution < -0.4 is 0 Å². The van der Waals surface area contributed by atoms with Crippen molar-refractivity contribution in [2.24, 2.45) is 5.41 Å². The van der Waals surface area contributed by atoms with E-state index in [1.54, 1.807) is 20.8 Å². The van der Waals surface area contributed by atoms with Crippen LogP contribution in [-0.4, -0.2) is 62.3 Å². The maximum Gasteiger partial charge on any atom is 0.267 e. The first-order chi connectivity index (χ1) is 11.8. The van der Waals surface area contributed by atoms with Gasteiger partial charge in [0.2, 0.25) is 0 Å². The third-order valence-electron chi connectivity index (χ3n) is 3.12. The number of rotatable bonds is 15. The quantitative estimate of drug-likeness (QED) is 0.347. The molecule has 0 saturated heterocycles. The highest BCUT2D eigenvalue weighted by Gasteiger charge is 2.32. The SMILES string of the molecule is CCCS(=O)(=O)OCC(C)(COS(=O)(=O)CCC)COS(=O)(=O)CCC. The molecule has 0 amide bonds. The van der Waals surface area contributed by atoms with Crippen molar-refractivity contribution in [1.82, 2.24) is 0 Å². The van der Waals surface area contributed by atoms with Gasteiger partial charge in [-0.25, -0.2) is 0 Å². The maximum absolute atomic E-state index is 11.7. The van der Waals surface area contributed by atoms with Crippen molar-refractivity contribution in [1.29, 1.82) is 0 Å². The summed E-state index contributed by atoms with van der Waals surface area (Å²) in [7, 11) is -11.4. The van der Waals surface area contributed by atoms with Crippen molar-refractivity contribution in [3.8, 4) is 0 Å². The molecular formula is C14H30O9S3. The Labute approximate surface area is 157 Å². The molecule has 0 aromatic heterocycles. The zero-order chi connectivity index (χ0) is 20.5. The molecule has 0 aromatic carbocycles. The van der Waals surface area contributed by atoms with E-state index in [2.05, 4.69) is 0 Å². The average Bonchev–Trinajstić information content (AvgIpc) is 2.50. The van der Waals surface area contributed by atoms with Gasteiger partial charge in [0.15, 0.2) is 0 Å². The second-order valence-electron chi connectivity index (χ2n) is 6.38. The lowest BCUT2D eigenvalue weighted by Gasteiger charge is -2.27. The average molecular weight is 439 g/mol. The number of hydrogen-bond donors (Lipinski definition) is 0. The highest BCUT2D eigenvalue weighted by Crippen LogP contribution is 2.22. The fourth-order valence-corrected chi connectivity index (χ4v) is 4.99. The number of hydrogen-bond acceptors (Lipinski definition) is 9. The zero-order valence-electron chi connectivity index (χ0n) is 15.8. The molecule has 0 rings (SSSR count). The van der Waals surface area contributed by atoms with Gasteiger partial charge in [-0.15, -0.1) is 0 Å². The molecular weight excluding hydrogens is 408 g/mol. The molecule has 158 valence electrons. The first kappa shape index (κ1) is 25.7. The largest absolute Gasteiger partial charge is 0.269 e. The molecule has 0 fully saturated rings. The van der Waals surface area contributed by atoms with E-state index in [4.69, 9.17) is 12.5 Å². The fraction of sp³-hybridized carbons (Fsp3) is 1.00. The van der Waals surface area contributed by atoms with Gasteiger partial charge in [0, 0.05) is 5.41 Å². The van der Waals surface area contributed by atoms with E-state index in [-0.39, 0.29) is 17.3 Å². The molecule has 9 nitrogen and oxygen atoms in total. The van der Waals surface area contributed by atoms with Crippen LogP contribution in [0.25, 0.3) is 0 Å². The molecule has 0 heterocycles. The Morgan fingerprint density at radius 3 is 1.00 bits per heavy atom. The van der Waals surface area contributed by atoms with Crippen molar-refractivity contribution in [2.75, 3.05) is 37.1 Å². The second-order valence-corrected chi connectivity index (χ2v) is 11.7. The van der Waals surface area contributed by atoms with E-state index in [1.165, 1.54) is 6.92 Å². The normalized spacial score (nSPS) is 13.8. The standard InChI is InChI=1S/C14H30O9S3/c1-5-8-24(15,16)21-11-14(4,12-22-25(17,18)9-6-2)13-23-26(19,20)10-7-3/h5-13H2,1-4H3. The van der Waals surface area contributed by atoms with Crippen molar-refractivity contribution in [2.45, 2.75) is 47.0 Å². The summed E-state index contributed by atoms with van der Waals surface area (Å²) in [5.41, 5.74) is -1.29. The van der Waals surface area contributed by atoms with Crippen LogP contribution in [0.1, 0.15) is 47.0 Å². The van der Waals surface area contributed by atoms with Gasteiger partial charge >= 0.3 is 0 Å². The van der Waals surface area contributed by atoms with Crippen LogP contribution >= 0.6 is 0 Å². The smallest absolute Gasteiger partial charge is 0.267 e. The van der Waals surface area contributed by atoms with E-state index in [9.17, 15) is 25.3 Å². The first-order valence-electron chi connectivity index (χ1n) is 8.41. The lowest BCUT2D eigenvalue weighted by atomic mass is 9.95. The molecule has 0 aliphatic carbocycles. The minimum atomic E-state index is -3.80. The molecule has 26 heavy (non-hydrogen) atoms. The van der Waals surface area contributed by atoms with Crippen molar-refractivity contribution in [3.05, 3.63) is 0 Å². The second kappa shape index (κ2) is 10.9. The minimum Gasteiger partial charge on any atom is -0.269 e. The molecule has 0 aliphatic heterocycles. The van der Waals surface area contributed by atoms with Gasteiger partial charge < -0.3 is 0 Å². The van der Waals surface area contributed by atoms with E-state index in [0.29, 0.717) is 19.3 Å². The van der Waals surface area contributed by atoms with E-state index in [1.807, 2.05) is 0 Å². The Morgan fingerprint density at radius 2 is 0.808 bits per heavy atom. The highest BCUT2D eigenvalue weighted by molar-refractivity contribution is 7.87. The van der Waals surface area contributed by atoms with Crippen LogP contribution in [-0.2, 0) is 42.9 Å². The maximum atomic E-state index is 11.7. The Balaban J connectivity index is 5.18. The topological polar surface area (TPSA) is 130 Å². The van der Waals surface area contributed by atoms with Gasteiger partial charge in [-0.2, -0.15) is 25.3 Å². The van der Waals surface area contributed by atoms with Gasteiger partial charge in [0.1, 0.15) is 0 Å². The summed E-state index contributed by atoms with van der Waals surface area (Å²) in [6.45, 7) is 5.07. The molecule has 0 bridgehead atoms. The summed E-state index contributed by atoms with van der Waals surface area (Å²) < 4.78 is 85.2. The fourth-order valence-electron chi connectivity index (χ4n) is 1.75.